The molecule has 1 rings (SSSR count). The molecule has 58 valence electrons. The SMILES string of the molecule is C=CCN1CC[NH+]([O-])CC1. The topological polar surface area (TPSA) is 30.7 Å². The Labute approximate surface area is 61.5 Å². The first kappa shape index (κ1) is 7.72. The highest BCUT2D eigenvalue weighted by molar-refractivity contribution is 4.74. The molecule has 3 heteroatoms. The van der Waals surface area contributed by atoms with Gasteiger partial charge in [-0.2, -0.15) is 0 Å². The molecule has 1 saturated heterocycles. The predicted molar refractivity (Wildman–Crippen MR) is 40.7 cm³/mol. The van der Waals surface area contributed by atoms with Crippen molar-refractivity contribution in [2.24, 2.45) is 0 Å². The van der Waals surface area contributed by atoms with Crippen LogP contribution in [-0.4, -0.2) is 37.6 Å². The Morgan fingerprint density at radius 1 is 1.50 bits per heavy atom. The van der Waals surface area contributed by atoms with Crippen molar-refractivity contribution < 1.29 is 5.06 Å². The molecule has 0 unspecified atom stereocenters. The summed E-state index contributed by atoms with van der Waals surface area (Å²) < 4.78 is 0. The van der Waals surface area contributed by atoms with Gasteiger partial charge in [-0.3, -0.25) is 4.90 Å². The largest absolute Gasteiger partial charge is 0.634 e. The molecule has 1 aliphatic heterocycles. The molecular formula is C7H14N2O. The van der Waals surface area contributed by atoms with Gasteiger partial charge in [0.2, 0.25) is 0 Å². The van der Waals surface area contributed by atoms with Crippen LogP contribution in [0.5, 0.6) is 0 Å². The van der Waals surface area contributed by atoms with E-state index in [-0.39, 0.29) is 0 Å². The van der Waals surface area contributed by atoms with Crippen LogP contribution in [0.25, 0.3) is 0 Å². The van der Waals surface area contributed by atoms with Crippen LogP contribution in [0.3, 0.4) is 0 Å². The van der Waals surface area contributed by atoms with Crippen LogP contribution in [0, 0.1) is 5.21 Å². The second-order valence-electron chi connectivity index (χ2n) is 2.63. The zero-order chi connectivity index (χ0) is 7.40. The third kappa shape index (κ3) is 2.10. The Bertz CT molecular complexity index is 108. The Morgan fingerprint density at radius 2 is 2.10 bits per heavy atom. The molecule has 0 radical (unpaired) electrons. The van der Waals surface area contributed by atoms with Gasteiger partial charge >= 0.3 is 0 Å². The second-order valence-corrected chi connectivity index (χ2v) is 2.63. The number of hydroxylamine groups is 2. The molecule has 0 atom stereocenters. The van der Waals surface area contributed by atoms with Crippen molar-refractivity contribution in [3.8, 4) is 0 Å². The number of hydrogen-bond donors (Lipinski definition) is 1. The minimum Gasteiger partial charge on any atom is -0.634 e. The van der Waals surface area contributed by atoms with E-state index in [9.17, 15) is 5.21 Å². The Kier molecular flexibility index (Phi) is 2.86. The fraction of sp³-hybridized carbons (Fsp3) is 0.714. The zero-order valence-electron chi connectivity index (χ0n) is 6.18. The van der Waals surface area contributed by atoms with Crippen LogP contribution in [0.1, 0.15) is 0 Å². The number of nitrogens with zero attached hydrogens (tertiary/aromatic N) is 1. The van der Waals surface area contributed by atoms with Gasteiger partial charge < -0.3 is 10.3 Å². The van der Waals surface area contributed by atoms with Crippen molar-refractivity contribution in [2.45, 2.75) is 0 Å². The van der Waals surface area contributed by atoms with Crippen molar-refractivity contribution in [3.63, 3.8) is 0 Å². The summed E-state index contributed by atoms with van der Waals surface area (Å²) in [6.45, 7) is 7.87. The van der Waals surface area contributed by atoms with Crippen LogP contribution in [0.2, 0.25) is 0 Å². The second kappa shape index (κ2) is 3.71. The number of quaternary nitrogens is 1. The lowest BCUT2D eigenvalue weighted by Gasteiger charge is -2.33. The molecule has 1 heterocycles. The van der Waals surface area contributed by atoms with E-state index in [0.717, 1.165) is 32.7 Å². The predicted octanol–water partition coefficient (Wildman–Crippen LogP) is -1.13. The average Bonchev–Trinajstić information content (AvgIpc) is 1.95. The van der Waals surface area contributed by atoms with Crippen LogP contribution in [0.4, 0.5) is 0 Å². The van der Waals surface area contributed by atoms with Gasteiger partial charge in [0.05, 0.1) is 13.1 Å². The van der Waals surface area contributed by atoms with Crippen molar-refractivity contribution in [1.82, 2.24) is 4.90 Å². The Hall–Kier alpha value is -0.380. The van der Waals surface area contributed by atoms with E-state index in [2.05, 4.69) is 11.5 Å². The molecule has 1 N–H and O–H groups in total. The molecule has 0 aliphatic carbocycles. The molecule has 3 nitrogen and oxygen atoms in total. The molecular weight excluding hydrogens is 128 g/mol. The van der Waals surface area contributed by atoms with Gasteiger partial charge in [0.25, 0.3) is 0 Å². The average molecular weight is 142 g/mol. The third-order valence-corrected chi connectivity index (χ3v) is 1.80. The van der Waals surface area contributed by atoms with Gasteiger partial charge in [-0.1, -0.05) is 6.08 Å². The number of hydrogen-bond acceptors (Lipinski definition) is 2. The minimum atomic E-state index is 0.403. The van der Waals surface area contributed by atoms with Crippen molar-refractivity contribution >= 4 is 0 Å². The third-order valence-electron chi connectivity index (χ3n) is 1.80. The van der Waals surface area contributed by atoms with E-state index in [1.54, 1.807) is 0 Å². The highest BCUT2D eigenvalue weighted by atomic mass is 16.5. The minimum absolute atomic E-state index is 0.403. The van der Waals surface area contributed by atoms with Crippen molar-refractivity contribution in [3.05, 3.63) is 17.9 Å². The summed E-state index contributed by atoms with van der Waals surface area (Å²) in [6.07, 6.45) is 1.88. The standard InChI is InChI=1S/C7H14N2O/c1-2-3-8-4-6-9(10)7-5-8/h2,9H,1,3-7H2. The quantitative estimate of drug-likeness (QED) is 0.391. The summed E-state index contributed by atoms with van der Waals surface area (Å²) in [7, 11) is 0. The lowest BCUT2D eigenvalue weighted by molar-refractivity contribution is -0.853. The summed E-state index contributed by atoms with van der Waals surface area (Å²) >= 11 is 0. The summed E-state index contributed by atoms with van der Waals surface area (Å²) in [5.41, 5.74) is 0. The van der Waals surface area contributed by atoms with E-state index in [0.29, 0.717) is 5.06 Å². The molecule has 0 saturated carbocycles. The molecule has 0 aromatic carbocycles. The van der Waals surface area contributed by atoms with E-state index in [1.165, 1.54) is 0 Å². The maximum atomic E-state index is 10.8. The van der Waals surface area contributed by atoms with Crippen LogP contribution in [0.15, 0.2) is 12.7 Å². The maximum absolute atomic E-state index is 10.8. The smallest absolute Gasteiger partial charge is 0.0897 e. The molecule has 0 amide bonds. The molecule has 1 fully saturated rings. The van der Waals surface area contributed by atoms with Gasteiger partial charge in [-0.15, -0.1) is 6.58 Å². The Balaban J connectivity index is 2.19. The van der Waals surface area contributed by atoms with E-state index in [1.807, 2.05) is 6.08 Å². The van der Waals surface area contributed by atoms with Crippen molar-refractivity contribution in [1.29, 1.82) is 0 Å². The highest BCUT2D eigenvalue weighted by Gasteiger charge is 2.12. The maximum Gasteiger partial charge on any atom is 0.0897 e. The highest BCUT2D eigenvalue weighted by Crippen LogP contribution is 1.87. The van der Waals surface area contributed by atoms with E-state index < -0.39 is 0 Å². The lowest BCUT2D eigenvalue weighted by atomic mass is 10.3. The van der Waals surface area contributed by atoms with Gasteiger partial charge in [-0.25, -0.2) is 0 Å². The summed E-state index contributed by atoms with van der Waals surface area (Å²) in [5, 5.41) is 11.2. The fourth-order valence-electron chi connectivity index (χ4n) is 1.17. The number of nitrogens with one attached hydrogen (secondary N) is 1. The van der Waals surface area contributed by atoms with Gasteiger partial charge in [0.15, 0.2) is 0 Å². The monoisotopic (exact) mass is 142 g/mol. The van der Waals surface area contributed by atoms with Crippen molar-refractivity contribution in [2.75, 3.05) is 32.7 Å². The first-order valence-corrected chi connectivity index (χ1v) is 3.68. The molecule has 0 bridgehead atoms. The van der Waals surface area contributed by atoms with Crippen LogP contribution >= 0.6 is 0 Å². The number of rotatable bonds is 2. The van der Waals surface area contributed by atoms with Gasteiger partial charge in [0.1, 0.15) is 0 Å². The van der Waals surface area contributed by atoms with E-state index in [4.69, 9.17) is 0 Å². The molecule has 0 aromatic heterocycles. The normalized spacial score (nSPS) is 22.9. The summed E-state index contributed by atoms with van der Waals surface area (Å²) in [5.74, 6) is 0. The Morgan fingerprint density at radius 3 is 2.60 bits per heavy atom. The zero-order valence-corrected chi connectivity index (χ0v) is 6.18. The summed E-state index contributed by atoms with van der Waals surface area (Å²) in [6, 6.07) is 0. The summed E-state index contributed by atoms with van der Waals surface area (Å²) in [4.78, 5) is 2.24. The first-order chi connectivity index (χ1) is 4.83. The molecule has 0 spiro atoms. The lowest BCUT2D eigenvalue weighted by Crippen LogP contribution is -3.10. The van der Waals surface area contributed by atoms with Gasteiger partial charge in [-0.05, 0) is 0 Å². The first-order valence-electron chi connectivity index (χ1n) is 3.68. The van der Waals surface area contributed by atoms with Crippen LogP contribution < -0.4 is 5.06 Å². The van der Waals surface area contributed by atoms with Crippen LogP contribution in [-0.2, 0) is 0 Å². The van der Waals surface area contributed by atoms with Gasteiger partial charge in [0, 0.05) is 19.6 Å². The fourth-order valence-corrected chi connectivity index (χ4v) is 1.17. The molecule has 10 heavy (non-hydrogen) atoms. The number of piperazine rings is 1. The van der Waals surface area contributed by atoms with E-state index >= 15 is 0 Å². The molecule has 1 aliphatic rings. The molecule has 0 aromatic rings.